The van der Waals surface area contributed by atoms with Crippen LogP contribution in [-0.2, 0) is 6.54 Å². The third-order valence-electron chi connectivity index (χ3n) is 4.85. The summed E-state index contributed by atoms with van der Waals surface area (Å²) in [6.07, 6.45) is 2.27. The Bertz CT molecular complexity index is 919. The normalized spacial score (nSPS) is 18.1. The summed E-state index contributed by atoms with van der Waals surface area (Å²) >= 11 is 0. The van der Waals surface area contributed by atoms with Gasteiger partial charge in [0.05, 0.1) is 28.7 Å². The highest BCUT2D eigenvalue weighted by Gasteiger charge is 2.28. The molecule has 4 nitrogen and oxygen atoms in total. The lowest BCUT2D eigenvalue weighted by Gasteiger charge is -2.23. The van der Waals surface area contributed by atoms with E-state index >= 15 is 0 Å². The summed E-state index contributed by atoms with van der Waals surface area (Å²) in [4.78, 5) is 10.7. The number of H-pyrrole nitrogens is 1. The fourth-order valence-corrected chi connectivity index (χ4v) is 3.61. The molecule has 1 aliphatic heterocycles. The quantitative estimate of drug-likeness (QED) is 0.792. The molecule has 0 radical (unpaired) electrons. The molecular weight excluding hydrogens is 296 g/mol. The van der Waals surface area contributed by atoms with Crippen LogP contribution < -0.4 is 0 Å². The van der Waals surface area contributed by atoms with Crippen LogP contribution in [-0.4, -0.2) is 21.4 Å². The molecule has 0 aliphatic carbocycles. The van der Waals surface area contributed by atoms with Gasteiger partial charge in [-0.25, -0.2) is 4.98 Å². The van der Waals surface area contributed by atoms with Crippen molar-refractivity contribution in [2.45, 2.75) is 32.4 Å². The maximum absolute atomic E-state index is 9.31. The zero-order valence-corrected chi connectivity index (χ0v) is 13.8. The number of aryl methyl sites for hydroxylation is 1. The van der Waals surface area contributed by atoms with Crippen molar-refractivity contribution in [2.75, 3.05) is 6.54 Å². The van der Waals surface area contributed by atoms with Crippen LogP contribution in [0.1, 0.15) is 41.4 Å². The molecule has 0 unspecified atom stereocenters. The predicted octanol–water partition coefficient (Wildman–Crippen LogP) is 4.08. The van der Waals surface area contributed by atoms with Crippen molar-refractivity contribution in [3.8, 4) is 6.07 Å². The van der Waals surface area contributed by atoms with Gasteiger partial charge < -0.3 is 4.98 Å². The van der Waals surface area contributed by atoms with Crippen LogP contribution in [0.3, 0.4) is 0 Å². The van der Waals surface area contributed by atoms with E-state index in [1.54, 1.807) is 0 Å². The Morgan fingerprint density at radius 2 is 2.17 bits per heavy atom. The second kappa shape index (κ2) is 6.10. The monoisotopic (exact) mass is 316 g/mol. The van der Waals surface area contributed by atoms with Gasteiger partial charge >= 0.3 is 0 Å². The Morgan fingerprint density at radius 1 is 1.29 bits per heavy atom. The van der Waals surface area contributed by atoms with E-state index < -0.39 is 0 Å². The average Bonchev–Trinajstić information content (AvgIpc) is 3.21. The van der Waals surface area contributed by atoms with Gasteiger partial charge in [0, 0.05) is 6.54 Å². The minimum Gasteiger partial charge on any atom is -0.341 e. The van der Waals surface area contributed by atoms with Gasteiger partial charge in [-0.2, -0.15) is 5.26 Å². The van der Waals surface area contributed by atoms with E-state index in [2.05, 4.69) is 47.1 Å². The molecule has 1 aliphatic rings. The SMILES string of the molecule is Cc1ccc2nc([C@H]3CCCN3Cc3ccccc3C#N)[nH]c2c1. The molecule has 120 valence electrons. The summed E-state index contributed by atoms with van der Waals surface area (Å²) in [6.45, 7) is 3.94. The molecule has 0 amide bonds. The molecule has 0 bridgehead atoms. The maximum Gasteiger partial charge on any atom is 0.124 e. The van der Waals surface area contributed by atoms with Crippen LogP contribution in [0.5, 0.6) is 0 Å². The van der Waals surface area contributed by atoms with Crippen LogP contribution in [0.2, 0.25) is 0 Å². The number of nitrogens with zero attached hydrogens (tertiary/aromatic N) is 3. The van der Waals surface area contributed by atoms with Gasteiger partial charge in [0.15, 0.2) is 0 Å². The largest absolute Gasteiger partial charge is 0.341 e. The molecule has 1 saturated heterocycles. The molecule has 2 aromatic carbocycles. The predicted molar refractivity (Wildman–Crippen MR) is 94.4 cm³/mol. The van der Waals surface area contributed by atoms with Crippen LogP contribution in [0, 0.1) is 18.3 Å². The van der Waals surface area contributed by atoms with E-state index in [0.29, 0.717) is 6.04 Å². The molecule has 4 rings (SSSR count). The number of aromatic nitrogens is 2. The third kappa shape index (κ3) is 2.68. The third-order valence-corrected chi connectivity index (χ3v) is 4.85. The Morgan fingerprint density at radius 3 is 3.04 bits per heavy atom. The van der Waals surface area contributed by atoms with Gasteiger partial charge in [-0.05, 0) is 55.6 Å². The lowest BCUT2D eigenvalue weighted by Crippen LogP contribution is -2.24. The van der Waals surface area contributed by atoms with Gasteiger partial charge in [0.2, 0.25) is 0 Å². The van der Waals surface area contributed by atoms with E-state index in [1.165, 1.54) is 5.56 Å². The van der Waals surface area contributed by atoms with Crippen molar-refractivity contribution in [1.29, 1.82) is 5.26 Å². The van der Waals surface area contributed by atoms with Crippen LogP contribution in [0.4, 0.5) is 0 Å². The van der Waals surface area contributed by atoms with Crippen molar-refractivity contribution >= 4 is 11.0 Å². The van der Waals surface area contributed by atoms with Gasteiger partial charge in [-0.3, -0.25) is 4.90 Å². The number of hydrogen-bond donors (Lipinski definition) is 1. The van der Waals surface area contributed by atoms with Crippen molar-refractivity contribution in [1.82, 2.24) is 14.9 Å². The zero-order valence-electron chi connectivity index (χ0n) is 13.8. The Labute approximate surface area is 141 Å². The first-order chi connectivity index (χ1) is 11.7. The second-order valence-electron chi connectivity index (χ2n) is 6.54. The number of rotatable bonds is 3. The van der Waals surface area contributed by atoms with E-state index in [-0.39, 0.29) is 0 Å². The molecule has 2 heterocycles. The van der Waals surface area contributed by atoms with Crippen molar-refractivity contribution < 1.29 is 0 Å². The Balaban J connectivity index is 1.63. The van der Waals surface area contributed by atoms with Gasteiger partial charge in [-0.15, -0.1) is 0 Å². The minimum atomic E-state index is 0.296. The zero-order chi connectivity index (χ0) is 16.5. The highest BCUT2D eigenvalue weighted by Crippen LogP contribution is 2.33. The summed E-state index contributed by atoms with van der Waals surface area (Å²) in [5, 5.41) is 9.31. The Kier molecular flexibility index (Phi) is 3.79. The summed E-state index contributed by atoms with van der Waals surface area (Å²) in [5.74, 6) is 1.04. The lowest BCUT2D eigenvalue weighted by molar-refractivity contribution is 0.241. The fourth-order valence-electron chi connectivity index (χ4n) is 3.61. The minimum absolute atomic E-state index is 0.296. The standard InChI is InChI=1S/C20H20N4/c1-14-8-9-17-18(11-14)23-20(22-17)19-7-4-10-24(19)13-16-6-3-2-5-15(16)12-21/h2-3,5-6,8-9,11,19H,4,7,10,13H2,1H3,(H,22,23)/t19-/m1/s1. The van der Waals surface area contributed by atoms with Gasteiger partial charge in [0.1, 0.15) is 5.82 Å². The van der Waals surface area contributed by atoms with Crippen LogP contribution in [0.15, 0.2) is 42.5 Å². The van der Waals surface area contributed by atoms with Crippen LogP contribution >= 0.6 is 0 Å². The lowest BCUT2D eigenvalue weighted by atomic mass is 10.1. The van der Waals surface area contributed by atoms with Crippen LogP contribution in [0.25, 0.3) is 11.0 Å². The number of hydrogen-bond acceptors (Lipinski definition) is 3. The molecule has 1 fully saturated rings. The van der Waals surface area contributed by atoms with E-state index in [4.69, 9.17) is 4.98 Å². The van der Waals surface area contributed by atoms with Gasteiger partial charge in [0.25, 0.3) is 0 Å². The molecular formula is C20H20N4. The number of likely N-dealkylation sites (tertiary alicyclic amines) is 1. The molecule has 4 heteroatoms. The molecule has 24 heavy (non-hydrogen) atoms. The van der Waals surface area contributed by atoms with E-state index in [0.717, 1.165) is 53.9 Å². The van der Waals surface area contributed by atoms with Gasteiger partial charge in [-0.1, -0.05) is 24.3 Å². The summed E-state index contributed by atoms with van der Waals surface area (Å²) in [6, 6.07) is 16.8. The molecule has 1 aromatic heterocycles. The molecule has 1 atom stereocenters. The first-order valence-corrected chi connectivity index (χ1v) is 8.43. The summed E-state index contributed by atoms with van der Waals surface area (Å²) in [5.41, 5.74) is 5.24. The number of imidazole rings is 1. The van der Waals surface area contributed by atoms with E-state index in [1.807, 2.05) is 18.2 Å². The molecule has 0 saturated carbocycles. The van der Waals surface area contributed by atoms with E-state index in [9.17, 15) is 5.26 Å². The Hall–Kier alpha value is -2.64. The fraction of sp³-hybridized carbons (Fsp3) is 0.300. The highest BCUT2D eigenvalue weighted by molar-refractivity contribution is 5.75. The maximum atomic E-state index is 9.31. The van der Waals surface area contributed by atoms with Crippen molar-refractivity contribution in [3.63, 3.8) is 0 Å². The highest BCUT2D eigenvalue weighted by atomic mass is 15.2. The summed E-state index contributed by atoms with van der Waals surface area (Å²) < 4.78 is 0. The molecule has 3 aromatic rings. The number of aromatic amines is 1. The molecule has 0 spiro atoms. The van der Waals surface area contributed by atoms with Crippen molar-refractivity contribution in [3.05, 3.63) is 65.0 Å². The first kappa shape index (κ1) is 14.9. The smallest absolute Gasteiger partial charge is 0.124 e. The number of benzene rings is 2. The molecule has 1 N–H and O–H groups in total. The second-order valence-corrected chi connectivity index (χ2v) is 6.54. The van der Waals surface area contributed by atoms with Crippen molar-refractivity contribution in [2.24, 2.45) is 0 Å². The number of nitriles is 1. The number of fused-ring (bicyclic) bond motifs is 1. The summed E-state index contributed by atoms with van der Waals surface area (Å²) in [7, 11) is 0. The average molecular weight is 316 g/mol. The topological polar surface area (TPSA) is 55.7 Å². The number of nitrogens with one attached hydrogen (secondary N) is 1. The first-order valence-electron chi connectivity index (χ1n) is 8.43.